The van der Waals surface area contributed by atoms with E-state index in [4.69, 9.17) is 0 Å². The maximum atomic E-state index is 11.8. The fourth-order valence-corrected chi connectivity index (χ4v) is 4.80. The lowest BCUT2D eigenvalue weighted by atomic mass is 10.1. The molecule has 1 saturated heterocycles. The summed E-state index contributed by atoms with van der Waals surface area (Å²) in [5.74, 6) is 0. The molecule has 0 aromatic carbocycles. The highest BCUT2D eigenvalue weighted by atomic mass is 32.2. The number of rotatable bonds is 3. The first-order chi connectivity index (χ1) is 10.4. The summed E-state index contributed by atoms with van der Waals surface area (Å²) in [5, 5.41) is 0.959. The van der Waals surface area contributed by atoms with Gasteiger partial charge in [0.25, 0.3) is 0 Å². The Bertz CT molecular complexity index is 762. The van der Waals surface area contributed by atoms with Gasteiger partial charge in [0.2, 0.25) is 10.0 Å². The number of hydrogen-bond acceptors (Lipinski definition) is 5. The summed E-state index contributed by atoms with van der Waals surface area (Å²) in [6, 6.07) is 3.78. The Balaban J connectivity index is 1.88. The Hall–Kier alpha value is -1.31. The summed E-state index contributed by atoms with van der Waals surface area (Å²) < 4.78 is 25.2. The van der Waals surface area contributed by atoms with Gasteiger partial charge in [-0.2, -0.15) is 4.31 Å². The number of aromatic nitrogens is 2. The van der Waals surface area contributed by atoms with E-state index in [9.17, 15) is 8.42 Å². The zero-order valence-corrected chi connectivity index (χ0v) is 14.5. The van der Waals surface area contributed by atoms with Crippen molar-refractivity contribution in [2.75, 3.05) is 12.8 Å². The molecular weight excluding hydrogens is 318 g/mol. The topological polar surface area (TPSA) is 63.2 Å². The minimum atomic E-state index is -3.18. The van der Waals surface area contributed by atoms with Crippen molar-refractivity contribution >= 4 is 21.4 Å². The molecule has 3 rings (SSSR count). The predicted molar refractivity (Wildman–Crippen MR) is 88.3 cm³/mol. The van der Waals surface area contributed by atoms with Gasteiger partial charge in [-0.25, -0.2) is 13.4 Å². The summed E-state index contributed by atoms with van der Waals surface area (Å²) in [4.78, 5) is 10.2. The third-order valence-electron chi connectivity index (χ3n) is 4.03. The van der Waals surface area contributed by atoms with Crippen molar-refractivity contribution in [3.05, 3.63) is 34.6 Å². The maximum Gasteiger partial charge on any atom is 0.211 e. The predicted octanol–water partition coefficient (Wildman–Crippen LogP) is 2.92. The van der Waals surface area contributed by atoms with Gasteiger partial charge in [0.05, 0.1) is 23.7 Å². The van der Waals surface area contributed by atoms with Gasteiger partial charge in [-0.3, -0.25) is 4.98 Å². The van der Waals surface area contributed by atoms with E-state index < -0.39 is 10.0 Å². The molecule has 0 bridgehead atoms. The zero-order valence-electron chi connectivity index (χ0n) is 12.9. The van der Waals surface area contributed by atoms with E-state index in [1.165, 1.54) is 11.1 Å². The average Bonchev–Trinajstić information content (AvgIpc) is 3.06. The van der Waals surface area contributed by atoms with Gasteiger partial charge in [-0.05, 0) is 38.8 Å². The van der Waals surface area contributed by atoms with Crippen LogP contribution in [0.4, 0.5) is 0 Å². The van der Waals surface area contributed by atoms with Gasteiger partial charge >= 0.3 is 0 Å². The van der Waals surface area contributed by atoms with Crippen molar-refractivity contribution < 1.29 is 8.42 Å². The second-order valence-electron chi connectivity index (χ2n) is 5.66. The molecule has 0 aliphatic carbocycles. The van der Waals surface area contributed by atoms with E-state index in [0.717, 1.165) is 34.8 Å². The molecule has 5 nitrogen and oxygen atoms in total. The van der Waals surface area contributed by atoms with E-state index in [1.807, 2.05) is 19.1 Å². The van der Waals surface area contributed by atoms with Gasteiger partial charge in [-0.1, -0.05) is 0 Å². The van der Waals surface area contributed by atoms with Crippen molar-refractivity contribution in [1.82, 2.24) is 14.3 Å². The molecule has 118 valence electrons. The minimum absolute atomic E-state index is 0.135. The van der Waals surface area contributed by atoms with Gasteiger partial charge in [-0.15, -0.1) is 11.3 Å². The van der Waals surface area contributed by atoms with Crippen molar-refractivity contribution in [2.45, 2.75) is 32.7 Å². The molecule has 0 amide bonds. The molecule has 0 radical (unpaired) electrons. The van der Waals surface area contributed by atoms with Gasteiger partial charge in [0.15, 0.2) is 0 Å². The summed E-state index contributed by atoms with van der Waals surface area (Å²) in [6.45, 7) is 4.64. The van der Waals surface area contributed by atoms with Crippen molar-refractivity contribution in [2.24, 2.45) is 0 Å². The molecule has 2 aromatic rings. The quantitative estimate of drug-likeness (QED) is 0.864. The molecule has 0 saturated carbocycles. The van der Waals surface area contributed by atoms with Crippen LogP contribution in [0.5, 0.6) is 0 Å². The van der Waals surface area contributed by atoms with Crippen LogP contribution in [0.1, 0.15) is 35.1 Å². The Labute approximate surface area is 135 Å². The third kappa shape index (κ3) is 2.93. The van der Waals surface area contributed by atoms with E-state index in [1.54, 1.807) is 21.8 Å². The normalized spacial score (nSPS) is 19.7. The van der Waals surface area contributed by atoms with Crippen molar-refractivity contribution in [1.29, 1.82) is 0 Å². The van der Waals surface area contributed by atoms with Crippen molar-refractivity contribution in [3.8, 4) is 10.6 Å². The van der Waals surface area contributed by atoms with Crippen LogP contribution < -0.4 is 0 Å². The van der Waals surface area contributed by atoms with Gasteiger partial charge in [0, 0.05) is 23.2 Å². The Morgan fingerprint density at radius 3 is 2.64 bits per heavy atom. The molecule has 1 aliphatic heterocycles. The average molecular weight is 337 g/mol. The van der Waals surface area contributed by atoms with Gasteiger partial charge in [0.1, 0.15) is 5.01 Å². The largest absolute Gasteiger partial charge is 0.259 e. The molecule has 7 heteroatoms. The summed E-state index contributed by atoms with van der Waals surface area (Å²) in [6.07, 6.45) is 4.77. The standard InChI is InChI=1S/C15H19N3O2S2/c1-10-11(2)21-15(17-10)12-6-7-13(16-9-12)14-5-4-8-18(14)22(3,19)20/h6-7,9,14H,4-5,8H2,1-3H3. The number of thiazole rings is 1. The van der Waals surface area contributed by atoms with Crippen LogP contribution in [0.3, 0.4) is 0 Å². The molecule has 22 heavy (non-hydrogen) atoms. The molecule has 1 unspecified atom stereocenters. The number of hydrogen-bond donors (Lipinski definition) is 0. The fourth-order valence-electron chi connectivity index (χ4n) is 2.76. The van der Waals surface area contributed by atoms with E-state index in [-0.39, 0.29) is 6.04 Å². The second kappa shape index (κ2) is 5.72. The van der Waals surface area contributed by atoms with E-state index >= 15 is 0 Å². The number of nitrogens with zero attached hydrogens (tertiary/aromatic N) is 3. The van der Waals surface area contributed by atoms with Crippen molar-refractivity contribution in [3.63, 3.8) is 0 Å². The smallest absolute Gasteiger partial charge is 0.211 e. The number of pyridine rings is 1. The molecule has 0 spiro atoms. The van der Waals surface area contributed by atoms with Crippen LogP contribution in [0, 0.1) is 13.8 Å². The monoisotopic (exact) mass is 337 g/mol. The second-order valence-corrected chi connectivity index (χ2v) is 8.80. The number of sulfonamides is 1. The molecular formula is C15H19N3O2S2. The van der Waals surface area contributed by atoms with Crippen LogP contribution in [0.15, 0.2) is 18.3 Å². The molecule has 1 atom stereocenters. The van der Waals surface area contributed by atoms with Crippen LogP contribution in [0.25, 0.3) is 10.6 Å². The lowest BCUT2D eigenvalue weighted by molar-refractivity contribution is 0.394. The first-order valence-electron chi connectivity index (χ1n) is 7.23. The molecule has 1 aliphatic rings. The van der Waals surface area contributed by atoms with Gasteiger partial charge < -0.3 is 0 Å². The Morgan fingerprint density at radius 1 is 1.32 bits per heavy atom. The van der Waals surface area contributed by atoms with Crippen LogP contribution in [-0.4, -0.2) is 35.5 Å². The third-order valence-corrected chi connectivity index (χ3v) is 6.44. The molecule has 1 fully saturated rings. The van der Waals surface area contributed by atoms with Crippen LogP contribution in [-0.2, 0) is 10.0 Å². The lowest BCUT2D eigenvalue weighted by Gasteiger charge is -2.21. The fraction of sp³-hybridized carbons (Fsp3) is 0.467. The zero-order chi connectivity index (χ0) is 15.9. The molecule has 3 heterocycles. The summed E-state index contributed by atoms with van der Waals surface area (Å²) in [5.41, 5.74) is 2.84. The Morgan fingerprint density at radius 2 is 2.09 bits per heavy atom. The number of aryl methyl sites for hydroxylation is 2. The SMILES string of the molecule is Cc1nc(-c2ccc(C3CCCN3S(C)(=O)=O)nc2)sc1C. The maximum absolute atomic E-state index is 11.8. The first-order valence-corrected chi connectivity index (χ1v) is 9.90. The summed E-state index contributed by atoms with van der Waals surface area (Å²) >= 11 is 1.65. The van der Waals surface area contributed by atoms with E-state index in [2.05, 4.69) is 16.9 Å². The Kier molecular flexibility index (Phi) is 4.05. The van der Waals surface area contributed by atoms with Crippen LogP contribution in [0.2, 0.25) is 0 Å². The highest BCUT2D eigenvalue weighted by Gasteiger charge is 2.33. The van der Waals surface area contributed by atoms with Crippen LogP contribution >= 0.6 is 11.3 Å². The minimum Gasteiger partial charge on any atom is -0.259 e. The highest BCUT2D eigenvalue weighted by molar-refractivity contribution is 7.88. The first kappa shape index (κ1) is 15.6. The highest BCUT2D eigenvalue weighted by Crippen LogP contribution is 2.34. The molecule has 0 N–H and O–H groups in total. The lowest BCUT2D eigenvalue weighted by Crippen LogP contribution is -2.29. The molecule has 2 aromatic heterocycles. The summed E-state index contributed by atoms with van der Waals surface area (Å²) in [7, 11) is -3.18. The van der Waals surface area contributed by atoms with E-state index in [0.29, 0.717) is 6.54 Å².